The fourth-order valence-corrected chi connectivity index (χ4v) is 5.21. The maximum Gasteiger partial charge on any atom is 0.416 e. The van der Waals surface area contributed by atoms with Crippen LogP contribution in [-0.2, 0) is 16.0 Å². The minimum Gasteiger partial charge on any atom is -0.321 e. The monoisotopic (exact) mass is 449 g/mol. The van der Waals surface area contributed by atoms with Crippen molar-refractivity contribution < 1.29 is 26.4 Å². The third-order valence-electron chi connectivity index (χ3n) is 5.06. The van der Waals surface area contributed by atoms with Crippen molar-refractivity contribution >= 4 is 21.4 Å². The Hall–Kier alpha value is -3.14. The van der Waals surface area contributed by atoms with Crippen molar-refractivity contribution in [3.8, 4) is 11.3 Å². The molecule has 0 radical (unpaired) electrons. The smallest absolute Gasteiger partial charge is 0.321 e. The van der Waals surface area contributed by atoms with Gasteiger partial charge in [0.25, 0.3) is 5.91 Å². The highest BCUT2D eigenvalue weighted by molar-refractivity contribution is 7.91. The Labute approximate surface area is 176 Å². The molecule has 1 amide bonds. The quantitative estimate of drug-likeness (QED) is 0.648. The predicted octanol–water partition coefficient (Wildman–Crippen LogP) is 4.18. The average Bonchev–Trinajstić information content (AvgIpc) is 3.32. The van der Waals surface area contributed by atoms with Crippen molar-refractivity contribution in [3.05, 3.63) is 71.9 Å². The second-order valence-corrected chi connectivity index (χ2v) is 9.54. The number of anilines is 1. The number of nitrogens with zero attached hydrogens (tertiary/aromatic N) is 2. The van der Waals surface area contributed by atoms with Gasteiger partial charge in [0.2, 0.25) is 0 Å². The number of hydrogen-bond donors (Lipinski definition) is 1. The second kappa shape index (κ2) is 7.84. The van der Waals surface area contributed by atoms with E-state index in [1.807, 2.05) is 30.3 Å². The zero-order valence-electron chi connectivity index (χ0n) is 16.1. The third kappa shape index (κ3) is 4.63. The molecule has 0 saturated carbocycles. The van der Waals surface area contributed by atoms with Crippen molar-refractivity contribution in [1.82, 2.24) is 9.78 Å². The molecule has 6 nitrogen and oxygen atoms in total. The summed E-state index contributed by atoms with van der Waals surface area (Å²) in [6.07, 6.45) is -4.07. The van der Waals surface area contributed by atoms with Gasteiger partial charge in [0.1, 0.15) is 0 Å². The molecule has 1 aliphatic rings. The summed E-state index contributed by atoms with van der Waals surface area (Å²) in [6, 6.07) is 14.4. The van der Waals surface area contributed by atoms with Gasteiger partial charge < -0.3 is 5.32 Å². The van der Waals surface area contributed by atoms with Gasteiger partial charge in [0, 0.05) is 5.69 Å². The first-order valence-electron chi connectivity index (χ1n) is 9.46. The van der Waals surface area contributed by atoms with Crippen LogP contribution in [0.5, 0.6) is 0 Å². The molecule has 162 valence electrons. The van der Waals surface area contributed by atoms with Gasteiger partial charge in [-0.05, 0) is 42.3 Å². The Morgan fingerprint density at radius 3 is 2.32 bits per heavy atom. The molecule has 31 heavy (non-hydrogen) atoms. The summed E-state index contributed by atoms with van der Waals surface area (Å²) in [5.74, 6) is -0.607. The van der Waals surface area contributed by atoms with Crippen LogP contribution >= 0.6 is 0 Å². The summed E-state index contributed by atoms with van der Waals surface area (Å²) >= 11 is 0. The van der Waals surface area contributed by atoms with E-state index in [2.05, 4.69) is 10.4 Å². The first-order valence-corrected chi connectivity index (χ1v) is 11.3. The number of alkyl halides is 3. The zero-order chi connectivity index (χ0) is 22.2. The van der Waals surface area contributed by atoms with Crippen LogP contribution in [0.15, 0.2) is 60.7 Å². The van der Waals surface area contributed by atoms with Crippen LogP contribution in [-0.4, -0.2) is 35.6 Å². The van der Waals surface area contributed by atoms with Gasteiger partial charge in [0.05, 0.1) is 28.8 Å². The summed E-state index contributed by atoms with van der Waals surface area (Å²) in [7, 11) is -3.17. The molecule has 10 heteroatoms. The number of amides is 1. The highest BCUT2D eigenvalue weighted by atomic mass is 32.2. The Morgan fingerprint density at radius 2 is 1.74 bits per heavy atom. The minimum absolute atomic E-state index is 0.0445. The number of rotatable bonds is 4. The van der Waals surface area contributed by atoms with Gasteiger partial charge in [0.15, 0.2) is 15.5 Å². The van der Waals surface area contributed by atoms with Crippen LogP contribution in [0.4, 0.5) is 18.9 Å². The van der Waals surface area contributed by atoms with Gasteiger partial charge in [-0.3, -0.25) is 9.48 Å². The summed E-state index contributed by atoms with van der Waals surface area (Å²) < 4.78 is 63.6. The van der Waals surface area contributed by atoms with E-state index in [0.29, 0.717) is 12.1 Å². The molecule has 2 aromatic carbocycles. The summed E-state index contributed by atoms with van der Waals surface area (Å²) in [5.41, 5.74) is 0.789. The number of carbonyl (C=O) groups is 1. The van der Waals surface area contributed by atoms with Gasteiger partial charge in [-0.2, -0.15) is 18.3 Å². The number of hydrogen-bond acceptors (Lipinski definition) is 4. The molecule has 1 aromatic heterocycles. The van der Waals surface area contributed by atoms with E-state index in [1.54, 1.807) is 10.7 Å². The topological polar surface area (TPSA) is 81.1 Å². The zero-order valence-corrected chi connectivity index (χ0v) is 16.9. The summed E-state index contributed by atoms with van der Waals surface area (Å²) in [5, 5.41) is 6.88. The van der Waals surface area contributed by atoms with Crippen molar-refractivity contribution in [1.29, 1.82) is 0 Å². The van der Waals surface area contributed by atoms with Crippen LogP contribution in [0.1, 0.15) is 28.5 Å². The largest absolute Gasteiger partial charge is 0.416 e. The molecule has 0 aliphatic carbocycles. The maximum atomic E-state index is 12.7. The average molecular weight is 449 g/mol. The van der Waals surface area contributed by atoms with Gasteiger partial charge in [-0.15, -0.1) is 0 Å². The molecule has 1 fully saturated rings. The molecule has 0 unspecified atom stereocenters. The van der Waals surface area contributed by atoms with Crippen LogP contribution in [0, 0.1) is 0 Å². The van der Waals surface area contributed by atoms with Crippen molar-refractivity contribution in [2.24, 2.45) is 0 Å². The molecule has 1 saturated heterocycles. The standard InChI is InChI=1S/C21H18F3N3O3S/c22-21(23,24)15-6-8-16(9-7-15)25-20(28)18-12-19(14-4-2-1-3-5-14)27(26-18)17-10-11-31(29,30)13-17/h1-9,12,17H,10-11,13H2,(H,25,28)/t17-/m0/s1. The summed E-state index contributed by atoms with van der Waals surface area (Å²) in [4.78, 5) is 12.7. The number of sulfone groups is 1. The molecule has 1 N–H and O–H groups in total. The Kier molecular flexibility index (Phi) is 5.34. The van der Waals surface area contributed by atoms with Crippen molar-refractivity contribution in [2.45, 2.75) is 18.6 Å². The van der Waals surface area contributed by atoms with Crippen molar-refractivity contribution in [3.63, 3.8) is 0 Å². The predicted molar refractivity (Wildman–Crippen MR) is 109 cm³/mol. The first kappa shape index (κ1) is 21.1. The Bertz CT molecular complexity index is 1200. The maximum absolute atomic E-state index is 12.7. The van der Waals surface area contributed by atoms with E-state index >= 15 is 0 Å². The number of carbonyl (C=O) groups excluding carboxylic acids is 1. The SMILES string of the molecule is O=C(Nc1ccc(C(F)(F)F)cc1)c1cc(-c2ccccc2)n([C@H]2CCS(=O)(=O)C2)n1. The van der Waals surface area contributed by atoms with Crippen LogP contribution < -0.4 is 5.32 Å². The molecule has 4 rings (SSSR count). The number of benzene rings is 2. The molecule has 1 atom stereocenters. The number of aromatic nitrogens is 2. The number of nitrogens with one attached hydrogen (secondary N) is 1. The third-order valence-corrected chi connectivity index (χ3v) is 6.81. The van der Waals surface area contributed by atoms with E-state index in [-0.39, 0.29) is 22.9 Å². The molecule has 0 bridgehead atoms. The van der Waals surface area contributed by atoms with Crippen LogP contribution in [0.25, 0.3) is 11.3 Å². The van der Waals surface area contributed by atoms with Gasteiger partial charge in [-0.25, -0.2) is 8.42 Å². The highest BCUT2D eigenvalue weighted by Crippen LogP contribution is 2.31. The first-order chi connectivity index (χ1) is 14.6. The molecule has 2 heterocycles. The minimum atomic E-state index is -4.46. The van der Waals surface area contributed by atoms with Crippen LogP contribution in [0.3, 0.4) is 0 Å². The van der Waals surface area contributed by atoms with E-state index in [1.165, 1.54) is 12.1 Å². The lowest BCUT2D eigenvalue weighted by Crippen LogP contribution is -2.16. The second-order valence-electron chi connectivity index (χ2n) is 7.31. The fourth-order valence-electron chi connectivity index (χ4n) is 3.51. The van der Waals surface area contributed by atoms with E-state index in [9.17, 15) is 26.4 Å². The van der Waals surface area contributed by atoms with E-state index < -0.39 is 33.5 Å². The van der Waals surface area contributed by atoms with Gasteiger partial charge >= 0.3 is 6.18 Å². The fraction of sp³-hybridized carbons (Fsp3) is 0.238. The molecular weight excluding hydrogens is 431 g/mol. The Balaban J connectivity index is 1.63. The van der Waals surface area contributed by atoms with E-state index in [4.69, 9.17) is 0 Å². The molecule has 3 aromatic rings. The van der Waals surface area contributed by atoms with Crippen molar-refractivity contribution in [2.75, 3.05) is 16.8 Å². The number of halogens is 3. The molecule has 0 spiro atoms. The Morgan fingerprint density at radius 1 is 1.06 bits per heavy atom. The lowest BCUT2D eigenvalue weighted by atomic mass is 10.1. The normalized spacial score (nSPS) is 18.1. The van der Waals surface area contributed by atoms with Crippen LogP contribution in [0.2, 0.25) is 0 Å². The highest BCUT2D eigenvalue weighted by Gasteiger charge is 2.32. The van der Waals surface area contributed by atoms with E-state index in [0.717, 1.165) is 17.7 Å². The molecular formula is C21H18F3N3O3S. The van der Waals surface area contributed by atoms with Gasteiger partial charge in [-0.1, -0.05) is 30.3 Å². The molecule has 1 aliphatic heterocycles. The lowest BCUT2D eigenvalue weighted by molar-refractivity contribution is -0.137. The lowest BCUT2D eigenvalue weighted by Gasteiger charge is -2.13. The summed E-state index contributed by atoms with van der Waals surface area (Å²) in [6.45, 7) is 0.